The molecule has 5 heteroatoms. The van der Waals surface area contributed by atoms with Gasteiger partial charge in [0.05, 0.1) is 5.56 Å². The Hall–Kier alpha value is -2.40. The number of amides is 1. The van der Waals surface area contributed by atoms with E-state index in [1.54, 1.807) is 36.5 Å². The van der Waals surface area contributed by atoms with Crippen LogP contribution in [0.4, 0.5) is 5.69 Å². The van der Waals surface area contributed by atoms with E-state index in [4.69, 9.17) is 10.5 Å². The molecule has 2 rings (SSSR count). The van der Waals surface area contributed by atoms with Gasteiger partial charge < -0.3 is 15.4 Å². The quantitative estimate of drug-likeness (QED) is 0.898. The minimum Gasteiger partial charge on any atom is -0.492 e. The number of anilines is 1. The van der Waals surface area contributed by atoms with Crippen molar-refractivity contribution in [3.63, 3.8) is 0 Å². The zero-order valence-corrected chi connectivity index (χ0v) is 11.3. The molecule has 0 saturated carbocycles. The third kappa shape index (κ3) is 3.33. The highest BCUT2D eigenvalue weighted by molar-refractivity contribution is 6.05. The summed E-state index contributed by atoms with van der Waals surface area (Å²) < 4.78 is 5.40. The van der Waals surface area contributed by atoms with Crippen molar-refractivity contribution >= 4 is 11.6 Å². The lowest BCUT2D eigenvalue weighted by Crippen LogP contribution is -2.26. The van der Waals surface area contributed by atoms with E-state index in [1.807, 2.05) is 24.3 Å². The van der Waals surface area contributed by atoms with E-state index >= 15 is 0 Å². The van der Waals surface area contributed by atoms with E-state index in [0.29, 0.717) is 18.7 Å². The number of nitrogens with zero attached hydrogens (tertiary/aromatic N) is 2. The Morgan fingerprint density at radius 3 is 2.65 bits per heavy atom. The Morgan fingerprint density at radius 2 is 2.05 bits per heavy atom. The van der Waals surface area contributed by atoms with Gasteiger partial charge >= 0.3 is 0 Å². The number of hydrogen-bond acceptors (Lipinski definition) is 4. The Balaban J connectivity index is 2.09. The van der Waals surface area contributed by atoms with Gasteiger partial charge in [-0.1, -0.05) is 0 Å². The number of carbonyl (C=O) groups excluding carboxylic acids is 1. The normalized spacial score (nSPS) is 10.1. The lowest BCUT2D eigenvalue weighted by Gasteiger charge is -2.17. The van der Waals surface area contributed by atoms with E-state index in [0.717, 1.165) is 11.4 Å². The monoisotopic (exact) mass is 271 g/mol. The molecule has 0 radical (unpaired) electrons. The Morgan fingerprint density at radius 1 is 1.30 bits per heavy atom. The first-order valence-electron chi connectivity index (χ1n) is 6.33. The number of aromatic nitrogens is 1. The SMILES string of the molecule is CN(C(=O)c1cccnc1)c1ccc(OCCN)cc1. The number of ether oxygens (including phenoxy) is 1. The van der Waals surface area contributed by atoms with E-state index < -0.39 is 0 Å². The Bertz CT molecular complexity index is 555. The van der Waals surface area contributed by atoms with Crippen LogP contribution in [0.2, 0.25) is 0 Å². The van der Waals surface area contributed by atoms with Gasteiger partial charge in [0, 0.05) is 31.7 Å². The van der Waals surface area contributed by atoms with Crippen molar-refractivity contribution in [1.29, 1.82) is 0 Å². The fraction of sp³-hybridized carbons (Fsp3) is 0.200. The maximum atomic E-state index is 12.2. The van der Waals surface area contributed by atoms with Crippen molar-refractivity contribution in [2.45, 2.75) is 0 Å². The molecule has 20 heavy (non-hydrogen) atoms. The van der Waals surface area contributed by atoms with Crippen LogP contribution in [0.3, 0.4) is 0 Å². The van der Waals surface area contributed by atoms with E-state index in [9.17, 15) is 4.79 Å². The third-order valence-electron chi connectivity index (χ3n) is 2.82. The van der Waals surface area contributed by atoms with Gasteiger partial charge in [-0.05, 0) is 36.4 Å². The van der Waals surface area contributed by atoms with E-state index in [-0.39, 0.29) is 5.91 Å². The van der Waals surface area contributed by atoms with Crippen molar-refractivity contribution in [1.82, 2.24) is 4.98 Å². The predicted molar refractivity (Wildman–Crippen MR) is 78.0 cm³/mol. The molecule has 2 N–H and O–H groups in total. The Kier molecular flexibility index (Phi) is 4.68. The maximum Gasteiger partial charge on any atom is 0.259 e. The van der Waals surface area contributed by atoms with Crippen LogP contribution in [0.1, 0.15) is 10.4 Å². The van der Waals surface area contributed by atoms with Gasteiger partial charge in [0.2, 0.25) is 0 Å². The molecule has 0 aliphatic rings. The second-order valence-corrected chi connectivity index (χ2v) is 4.24. The molecule has 1 aromatic heterocycles. The van der Waals surface area contributed by atoms with Gasteiger partial charge in [0.25, 0.3) is 5.91 Å². The Labute approximate surface area is 118 Å². The van der Waals surface area contributed by atoms with Crippen LogP contribution in [-0.2, 0) is 0 Å². The van der Waals surface area contributed by atoms with E-state index in [1.165, 1.54) is 0 Å². The number of benzene rings is 1. The van der Waals surface area contributed by atoms with Gasteiger partial charge in [-0.15, -0.1) is 0 Å². The molecular formula is C15H17N3O2. The highest BCUT2D eigenvalue weighted by Crippen LogP contribution is 2.19. The summed E-state index contributed by atoms with van der Waals surface area (Å²) in [6.45, 7) is 0.949. The van der Waals surface area contributed by atoms with Crippen LogP contribution in [0.25, 0.3) is 0 Å². The van der Waals surface area contributed by atoms with Crippen LogP contribution in [0.5, 0.6) is 5.75 Å². The van der Waals surface area contributed by atoms with Gasteiger partial charge in [0.1, 0.15) is 12.4 Å². The first-order chi connectivity index (χ1) is 9.72. The minimum atomic E-state index is -0.103. The fourth-order valence-corrected chi connectivity index (χ4v) is 1.74. The summed E-state index contributed by atoms with van der Waals surface area (Å²) in [5.41, 5.74) is 6.72. The highest BCUT2D eigenvalue weighted by Gasteiger charge is 2.13. The fourth-order valence-electron chi connectivity index (χ4n) is 1.74. The van der Waals surface area contributed by atoms with Crippen molar-refractivity contribution in [2.75, 3.05) is 25.1 Å². The minimum absolute atomic E-state index is 0.103. The van der Waals surface area contributed by atoms with Crippen molar-refractivity contribution in [3.8, 4) is 5.75 Å². The first-order valence-corrected chi connectivity index (χ1v) is 6.33. The molecule has 1 amide bonds. The number of carbonyl (C=O) groups is 1. The summed E-state index contributed by atoms with van der Waals surface area (Å²) in [6.07, 6.45) is 3.19. The van der Waals surface area contributed by atoms with Crippen molar-refractivity contribution < 1.29 is 9.53 Å². The molecule has 0 bridgehead atoms. The number of nitrogens with two attached hydrogens (primary N) is 1. The second-order valence-electron chi connectivity index (χ2n) is 4.24. The first kappa shape index (κ1) is 14.0. The molecule has 0 saturated heterocycles. The predicted octanol–water partition coefficient (Wildman–Crippen LogP) is 1.70. The second kappa shape index (κ2) is 6.68. The summed E-state index contributed by atoms with van der Waals surface area (Å²) in [5, 5.41) is 0. The lowest BCUT2D eigenvalue weighted by molar-refractivity contribution is 0.0992. The van der Waals surface area contributed by atoms with Crippen molar-refractivity contribution in [2.24, 2.45) is 5.73 Å². The third-order valence-corrected chi connectivity index (χ3v) is 2.82. The van der Waals surface area contributed by atoms with E-state index in [2.05, 4.69) is 4.98 Å². The molecule has 0 atom stereocenters. The molecule has 5 nitrogen and oxygen atoms in total. The maximum absolute atomic E-state index is 12.2. The van der Waals surface area contributed by atoms with Crippen LogP contribution < -0.4 is 15.4 Å². The summed E-state index contributed by atoms with van der Waals surface area (Å²) in [4.78, 5) is 17.8. The molecule has 0 fully saturated rings. The van der Waals surface area contributed by atoms with Crippen LogP contribution >= 0.6 is 0 Å². The van der Waals surface area contributed by atoms with Gasteiger partial charge in [0.15, 0.2) is 0 Å². The molecule has 0 aliphatic carbocycles. The molecule has 2 aromatic rings. The van der Waals surface area contributed by atoms with Crippen LogP contribution in [0, 0.1) is 0 Å². The smallest absolute Gasteiger partial charge is 0.259 e. The van der Waals surface area contributed by atoms with Crippen LogP contribution in [0.15, 0.2) is 48.8 Å². The molecule has 104 valence electrons. The van der Waals surface area contributed by atoms with Gasteiger partial charge in [-0.2, -0.15) is 0 Å². The molecular weight excluding hydrogens is 254 g/mol. The summed E-state index contributed by atoms with van der Waals surface area (Å²) >= 11 is 0. The topological polar surface area (TPSA) is 68.5 Å². The summed E-state index contributed by atoms with van der Waals surface area (Å²) in [5.74, 6) is 0.634. The van der Waals surface area contributed by atoms with Crippen LogP contribution in [-0.4, -0.2) is 31.1 Å². The average molecular weight is 271 g/mol. The standard InChI is InChI=1S/C15H17N3O2/c1-18(15(19)12-3-2-9-17-11-12)13-4-6-14(7-5-13)20-10-8-16/h2-7,9,11H,8,10,16H2,1H3. The zero-order chi connectivity index (χ0) is 14.4. The molecule has 0 spiro atoms. The molecule has 1 heterocycles. The lowest BCUT2D eigenvalue weighted by atomic mass is 10.2. The molecule has 0 aliphatic heterocycles. The number of hydrogen-bond donors (Lipinski definition) is 1. The average Bonchev–Trinajstić information content (AvgIpc) is 2.53. The number of pyridine rings is 1. The molecule has 1 aromatic carbocycles. The summed E-state index contributed by atoms with van der Waals surface area (Å²) in [6, 6.07) is 10.8. The highest BCUT2D eigenvalue weighted by atomic mass is 16.5. The number of rotatable bonds is 5. The largest absolute Gasteiger partial charge is 0.492 e. The van der Waals surface area contributed by atoms with Crippen molar-refractivity contribution in [3.05, 3.63) is 54.4 Å². The summed E-state index contributed by atoms with van der Waals surface area (Å²) in [7, 11) is 1.73. The van der Waals surface area contributed by atoms with Gasteiger partial charge in [-0.25, -0.2) is 0 Å². The zero-order valence-electron chi connectivity index (χ0n) is 11.3. The van der Waals surface area contributed by atoms with Gasteiger partial charge in [-0.3, -0.25) is 9.78 Å². The molecule has 0 unspecified atom stereocenters.